The summed E-state index contributed by atoms with van der Waals surface area (Å²) in [5.74, 6) is 0.343. The first-order valence-corrected chi connectivity index (χ1v) is 8.90. The van der Waals surface area contributed by atoms with E-state index in [2.05, 4.69) is 41.7 Å². The topological polar surface area (TPSA) is 95.0 Å². The minimum atomic E-state index is -0.306. The number of guanidine groups is 1. The molecular weight excluding hydrogens is 332 g/mol. The third-order valence-corrected chi connectivity index (χ3v) is 3.86. The Morgan fingerprint density at radius 1 is 1.19 bits per heavy atom. The predicted octanol–water partition coefficient (Wildman–Crippen LogP) is 1.74. The van der Waals surface area contributed by atoms with Gasteiger partial charge in [0.2, 0.25) is 0 Å². The van der Waals surface area contributed by atoms with E-state index in [4.69, 9.17) is 4.74 Å². The minimum Gasteiger partial charge on any atom is -0.507 e. The average molecular weight is 364 g/mol. The SMILES string of the molecule is CCNC(=NCC(OC)C(C)(C)C)NCCNC(=O)c1ccccc1O. The standard InChI is InChI=1S/C19H32N4O3/c1-6-20-18(23-13-16(26-5)19(2,3)4)22-12-11-21-17(25)14-9-7-8-10-15(14)24/h7-10,16,24H,6,11-13H2,1-5H3,(H,21,25)(H2,20,22,23). The number of amides is 1. The van der Waals surface area contributed by atoms with Crippen LogP contribution in [-0.4, -0.2) is 56.4 Å². The van der Waals surface area contributed by atoms with Gasteiger partial charge in [0.15, 0.2) is 5.96 Å². The maximum atomic E-state index is 12.0. The number of phenolic OH excluding ortho intramolecular Hbond substituents is 1. The fourth-order valence-electron chi connectivity index (χ4n) is 2.34. The molecule has 7 heteroatoms. The lowest BCUT2D eigenvalue weighted by atomic mass is 9.89. The molecule has 7 nitrogen and oxygen atoms in total. The number of phenols is 1. The molecule has 0 bridgehead atoms. The van der Waals surface area contributed by atoms with Crippen molar-refractivity contribution in [3.05, 3.63) is 29.8 Å². The number of benzene rings is 1. The Morgan fingerprint density at radius 3 is 2.42 bits per heavy atom. The lowest BCUT2D eigenvalue weighted by Gasteiger charge is -2.28. The molecular formula is C19H32N4O3. The second-order valence-electron chi connectivity index (χ2n) is 7.01. The zero-order valence-electron chi connectivity index (χ0n) is 16.4. The van der Waals surface area contributed by atoms with E-state index in [9.17, 15) is 9.90 Å². The molecule has 0 saturated heterocycles. The summed E-state index contributed by atoms with van der Waals surface area (Å²) in [6.07, 6.45) is 0.0127. The predicted molar refractivity (Wildman–Crippen MR) is 105 cm³/mol. The zero-order chi connectivity index (χ0) is 19.6. The molecule has 1 aromatic rings. The summed E-state index contributed by atoms with van der Waals surface area (Å²) in [5, 5.41) is 18.8. The molecule has 0 aliphatic heterocycles. The van der Waals surface area contributed by atoms with Crippen LogP contribution in [0.15, 0.2) is 29.3 Å². The number of carbonyl (C=O) groups excluding carboxylic acids is 1. The van der Waals surface area contributed by atoms with Crippen molar-refractivity contribution in [2.24, 2.45) is 10.4 Å². The van der Waals surface area contributed by atoms with Gasteiger partial charge in [-0.25, -0.2) is 0 Å². The van der Waals surface area contributed by atoms with Gasteiger partial charge >= 0.3 is 0 Å². The summed E-state index contributed by atoms with van der Waals surface area (Å²) in [7, 11) is 1.69. The van der Waals surface area contributed by atoms with E-state index < -0.39 is 0 Å². The van der Waals surface area contributed by atoms with Crippen LogP contribution in [0.3, 0.4) is 0 Å². The molecule has 1 amide bonds. The Morgan fingerprint density at radius 2 is 1.85 bits per heavy atom. The van der Waals surface area contributed by atoms with Gasteiger partial charge in [0.25, 0.3) is 5.91 Å². The Hall–Kier alpha value is -2.28. The van der Waals surface area contributed by atoms with Crippen molar-refractivity contribution in [3.63, 3.8) is 0 Å². The van der Waals surface area contributed by atoms with Crippen LogP contribution in [0.5, 0.6) is 5.75 Å². The molecule has 1 unspecified atom stereocenters. The van der Waals surface area contributed by atoms with Crippen LogP contribution in [-0.2, 0) is 4.74 Å². The lowest BCUT2D eigenvalue weighted by molar-refractivity contribution is 0.0241. The number of ether oxygens (including phenoxy) is 1. The number of nitrogens with zero attached hydrogens (tertiary/aromatic N) is 1. The normalized spacial score (nSPS) is 13.2. The molecule has 0 spiro atoms. The number of methoxy groups -OCH3 is 1. The van der Waals surface area contributed by atoms with E-state index in [-0.39, 0.29) is 28.7 Å². The molecule has 4 N–H and O–H groups in total. The first-order chi connectivity index (χ1) is 12.3. The number of hydrogen-bond acceptors (Lipinski definition) is 4. The van der Waals surface area contributed by atoms with E-state index in [0.29, 0.717) is 25.6 Å². The minimum absolute atomic E-state index is 0.00123. The van der Waals surface area contributed by atoms with Crippen molar-refractivity contribution >= 4 is 11.9 Å². The fraction of sp³-hybridized carbons (Fsp3) is 0.579. The van der Waals surface area contributed by atoms with Gasteiger partial charge in [-0.05, 0) is 24.5 Å². The van der Waals surface area contributed by atoms with Crippen molar-refractivity contribution in [1.82, 2.24) is 16.0 Å². The summed E-state index contributed by atoms with van der Waals surface area (Å²) in [6.45, 7) is 10.5. The van der Waals surface area contributed by atoms with E-state index in [0.717, 1.165) is 6.54 Å². The number of nitrogens with one attached hydrogen (secondary N) is 3. The number of carbonyl (C=O) groups is 1. The van der Waals surface area contributed by atoms with Crippen molar-refractivity contribution in [3.8, 4) is 5.75 Å². The van der Waals surface area contributed by atoms with Gasteiger partial charge < -0.3 is 25.8 Å². The highest BCUT2D eigenvalue weighted by Crippen LogP contribution is 2.21. The molecule has 0 aromatic heterocycles. The molecule has 0 fully saturated rings. The van der Waals surface area contributed by atoms with E-state index >= 15 is 0 Å². The monoisotopic (exact) mass is 364 g/mol. The van der Waals surface area contributed by atoms with Crippen molar-refractivity contribution < 1.29 is 14.6 Å². The number of para-hydroxylation sites is 1. The Balaban J connectivity index is 2.49. The number of hydrogen-bond donors (Lipinski definition) is 4. The Bertz CT molecular complexity index is 597. The number of rotatable bonds is 8. The molecule has 1 rings (SSSR count). The van der Waals surface area contributed by atoms with Crippen LogP contribution >= 0.6 is 0 Å². The van der Waals surface area contributed by atoms with E-state index in [1.54, 1.807) is 25.3 Å². The fourth-order valence-corrected chi connectivity index (χ4v) is 2.34. The van der Waals surface area contributed by atoms with Crippen molar-refractivity contribution in [1.29, 1.82) is 0 Å². The Labute approximate surface area is 156 Å². The first kappa shape index (κ1) is 21.8. The van der Waals surface area contributed by atoms with Crippen molar-refractivity contribution in [2.45, 2.75) is 33.8 Å². The summed E-state index contributed by atoms with van der Waals surface area (Å²) < 4.78 is 5.52. The molecule has 0 aliphatic carbocycles. The van der Waals surface area contributed by atoms with Gasteiger partial charge in [-0.2, -0.15) is 0 Å². The van der Waals surface area contributed by atoms with E-state index in [1.807, 2.05) is 6.92 Å². The largest absolute Gasteiger partial charge is 0.507 e. The number of aliphatic imine (C=N–C) groups is 1. The highest BCUT2D eigenvalue weighted by molar-refractivity contribution is 5.96. The summed E-state index contributed by atoms with van der Waals surface area (Å²) in [4.78, 5) is 16.6. The zero-order valence-corrected chi connectivity index (χ0v) is 16.4. The van der Waals surface area contributed by atoms with Crippen LogP contribution in [0.25, 0.3) is 0 Å². The molecule has 1 atom stereocenters. The third kappa shape index (κ3) is 7.31. The Kier molecular flexibility index (Phi) is 8.92. The van der Waals surface area contributed by atoms with E-state index in [1.165, 1.54) is 6.07 Å². The van der Waals surface area contributed by atoms with Crippen LogP contribution in [0.2, 0.25) is 0 Å². The summed E-state index contributed by atoms with van der Waals surface area (Å²) >= 11 is 0. The smallest absolute Gasteiger partial charge is 0.255 e. The second kappa shape index (κ2) is 10.7. The van der Waals surface area contributed by atoms with Crippen LogP contribution in [0, 0.1) is 5.41 Å². The molecule has 26 heavy (non-hydrogen) atoms. The third-order valence-electron chi connectivity index (χ3n) is 3.86. The van der Waals surface area contributed by atoms with Gasteiger partial charge in [-0.15, -0.1) is 0 Å². The van der Waals surface area contributed by atoms with Crippen LogP contribution in [0.4, 0.5) is 0 Å². The molecule has 0 saturated carbocycles. The first-order valence-electron chi connectivity index (χ1n) is 8.90. The van der Waals surface area contributed by atoms with Crippen LogP contribution < -0.4 is 16.0 Å². The highest BCUT2D eigenvalue weighted by atomic mass is 16.5. The molecule has 0 radical (unpaired) electrons. The molecule has 0 heterocycles. The summed E-state index contributed by atoms with van der Waals surface area (Å²) in [5.41, 5.74) is 0.266. The molecule has 1 aromatic carbocycles. The van der Waals surface area contributed by atoms with Gasteiger partial charge in [-0.3, -0.25) is 9.79 Å². The maximum absolute atomic E-state index is 12.0. The van der Waals surface area contributed by atoms with Gasteiger partial charge in [0.05, 0.1) is 18.2 Å². The average Bonchev–Trinajstić information content (AvgIpc) is 2.58. The molecule has 0 aliphatic rings. The van der Waals surface area contributed by atoms with Crippen LogP contribution in [0.1, 0.15) is 38.1 Å². The number of aromatic hydroxyl groups is 1. The van der Waals surface area contributed by atoms with Gasteiger partial charge in [0.1, 0.15) is 5.75 Å². The summed E-state index contributed by atoms with van der Waals surface area (Å²) in [6, 6.07) is 6.47. The van der Waals surface area contributed by atoms with Gasteiger partial charge in [0, 0.05) is 26.7 Å². The lowest BCUT2D eigenvalue weighted by Crippen LogP contribution is -2.42. The molecule has 146 valence electrons. The maximum Gasteiger partial charge on any atom is 0.255 e. The van der Waals surface area contributed by atoms with Gasteiger partial charge in [-0.1, -0.05) is 32.9 Å². The van der Waals surface area contributed by atoms with Crippen molar-refractivity contribution in [2.75, 3.05) is 33.3 Å². The second-order valence-corrected chi connectivity index (χ2v) is 7.01. The quantitative estimate of drug-likeness (QED) is 0.320. The highest BCUT2D eigenvalue weighted by Gasteiger charge is 2.24.